The molecule has 5 heterocycles. The van der Waals surface area contributed by atoms with Crippen molar-refractivity contribution >= 4 is 5.78 Å². The van der Waals surface area contributed by atoms with Gasteiger partial charge >= 0.3 is 0 Å². The van der Waals surface area contributed by atoms with Crippen molar-refractivity contribution in [1.29, 1.82) is 0 Å². The predicted octanol–water partition coefficient (Wildman–Crippen LogP) is 5.22. The van der Waals surface area contributed by atoms with Crippen molar-refractivity contribution < 1.29 is 48.2 Å². The Hall–Kier alpha value is -4.95. The van der Waals surface area contributed by atoms with Gasteiger partial charge in [-0.1, -0.05) is 18.2 Å². The SMILES string of the molecule is COC1=CC2C3Cc4ccc(OC)c(O)c4C2(CCN3)CC1O.COC1=CCC2C3Cc4ccc(OC)c5c4C2(CCN3)C1O5.COc1ccc2c3c1OC1C(=O)CCC4C(C2)NCCC314. The number of ether oxygens (including phenoxy) is 7. The fraction of sp³-hybridized carbons (Fsp3) is 0.566. The molecular weight excluding hydrogens is 839 g/mol. The average Bonchev–Trinajstić information content (AvgIpc) is 3.85. The smallest absolute Gasteiger partial charge is 0.174 e. The number of phenols is 1. The Morgan fingerprint density at radius 3 is 1.82 bits per heavy atom. The molecule has 5 N–H and O–H groups in total. The Morgan fingerprint density at radius 1 is 0.636 bits per heavy atom. The van der Waals surface area contributed by atoms with Crippen LogP contribution in [0.4, 0.5) is 0 Å². The highest BCUT2D eigenvalue weighted by atomic mass is 16.6. The van der Waals surface area contributed by atoms with Crippen LogP contribution in [0.25, 0.3) is 0 Å². The fourth-order valence-corrected chi connectivity index (χ4v) is 15.7. The van der Waals surface area contributed by atoms with Gasteiger partial charge in [0.25, 0.3) is 0 Å². The van der Waals surface area contributed by atoms with Crippen molar-refractivity contribution in [2.75, 3.05) is 55.2 Å². The molecule has 0 aromatic heterocycles. The zero-order chi connectivity index (χ0) is 45.3. The average molecular weight is 902 g/mol. The van der Waals surface area contributed by atoms with Crippen LogP contribution in [0.3, 0.4) is 0 Å². The second-order valence-electron chi connectivity index (χ2n) is 20.5. The summed E-state index contributed by atoms with van der Waals surface area (Å²) in [6, 6.07) is 13.7. The van der Waals surface area contributed by atoms with Crippen LogP contribution >= 0.6 is 0 Å². The van der Waals surface area contributed by atoms with E-state index in [2.05, 4.69) is 40.2 Å². The van der Waals surface area contributed by atoms with Gasteiger partial charge in [0.1, 0.15) is 17.6 Å². The van der Waals surface area contributed by atoms with Crippen LogP contribution in [-0.2, 0) is 49.8 Å². The van der Waals surface area contributed by atoms with Gasteiger partial charge in [0, 0.05) is 63.4 Å². The van der Waals surface area contributed by atoms with Gasteiger partial charge in [-0.3, -0.25) is 4.79 Å². The van der Waals surface area contributed by atoms with Gasteiger partial charge in [0.05, 0.1) is 35.5 Å². The van der Waals surface area contributed by atoms with E-state index < -0.39 is 6.10 Å². The van der Waals surface area contributed by atoms with Crippen molar-refractivity contribution in [3.05, 3.63) is 93.4 Å². The number of phenolic OH excluding ortho intramolecular Hbond substituents is 1. The maximum absolute atomic E-state index is 12.5. The first kappa shape index (κ1) is 42.4. The molecule has 3 saturated heterocycles. The highest BCUT2D eigenvalue weighted by molar-refractivity contribution is 5.89. The first-order valence-corrected chi connectivity index (χ1v) is 24.2. The Morgan fingerprint density at radius 2 is 1.18 bits per heavy atom. The van der Waals surface area contributed by atoms with Crippen molar-refractivity contribution in [2.45, 2.75) is 117 Å². The number of piperidine rings is 3. The number of carbonyl (C=O) groups excluding carboxylic acids is 1. The van der Waals surface area contributed by atoms with Crippen LogP contribution in [0, 0.1) is 17.8 Å². The summed E-state index contributed by atoms with van der Waals surface area (Å²) >= 11 is 0. The third-order valence-electron chi connectivity index (χ3n) is 18.2. The van der Waals surface area contributed by atoms with E-state index in [1.165, 1.54) is 22.3 Å². The lowest BCUT2D eigenvalue weighted by Crippen LogP contribution is -2.65. The lowest BCUT2D eigenvalue weighted by atomic mass is 9.52. The third kappa shape index (κ3) is 5.63. The van der Waals surface area contributed by atoms with E-state index in [4.69, 9.17) is 33.2 Å². The molecule has 6 aliphatic carbocycles. The second-order valence-corrected chi connectivity index (χ2v) is 20.5. The standard InChI is InChI=1S/C18H23NO4.C18H21NO3.C17H19NO3/c1-22-14-4-3-10-7-12-11-8-15(23-2)13(20)9-18(11,5-6-19-12)16(10)17(14)21;1-20-13-5-3-10-9-12-11-4-6-14(21-2)17-18(11,7-8-19-12)15(10)16(13)22-17;1-20-13-5-2-9-8-11-10-3-4-12(19)16-17(10,6-7-18-11)14(9)15(13)21-16/h3-4,8,11-13,19-21H,5-7,9H2,1-2H3;3,5-6,11-12,17,19H,4,7-9H2,1-2H3;2,5,10-11,16,18H,3-4,6-8H2,1H3. The molecule has 350 valence electrons. The molecule has 2 spiro atoms. The number of allylic oxidation sites excluding steroid dienone is 1. The summed E-state index contributed by atoms with van der Waals surface area (Å²) in [5, 5.41) is 32.3. The zero-order valence-corrected chi connectivity index (χ0v) is 38.7. The van der Waals surface area contributed by atoms with Crippen molar-refractivity contribution in [3.63, 3.8) is 0 Å². The Kier molecular flexibility index (Phi) is 9.99. The van der Waals surface area contributed by atoms with E-state index in [0.29, 0.717) is 54.3 Å². The molecule has 13 heteroatoms. The van der Waals surface area contributed by atoms with Gasteiger partial charge < -0.3 is 59.3 Å². The number of hydrogen-bond acceptors (Lipinski definition) is 13. The Bertz CT molecular complexity index is 2560. The number of nitrogens with one attached hydrogen (secondary N) is 3. The zero-order valence-electron chi connectivity index (χ0n) is 38.7. The molecule has 12 unspecified atom stereocenters. The Labute approximate surface area is 386 Å². The van der Waals surface area contributed by atoms with E-state index in [-0.39, 0.29) is 45.9 Å². The van der Waals surface area contributed by atoms with Gasteiger partial charge in [0.2, 0.25) is 0 Å². The summed E-state index contributed by atoms with van der Waals surface area (Å²) < 4.78 is 40.1. The van der Waals surface area contributed by atoms with Crippen LogP contribution in [0.2, 0.25) is 0 Å². The van der Waals surface area contributed by atoms with E-state index in [0.717, 1.165) is 111 Å². The summed E-state index contributed by atoms with van der Waals surface area (Å²) in [6.07, 6.45) is 12.6. The lowest BCUT2D eigenvalue weighted by Gasteiger charge is -2.55. The predicted molar refractivity (Wildman–Crippen MR) is 245 cm³/mol. The molecule has 11 aliphatic rings. The van der Waals surface area contributed by atoms with E-state index >= 15 is 0 Å². The molecule has 0 amide bonds. The number of benzene rings is 3. The minimum absolute atomic E-state index is 0.00574. The Balaban J connectivity index is 0.000000104. The van der Waals surface area contributed by atoms with Gasteiger partial charge in [-0.25, -0.2) is 0 Å². The summed E-state index contributed by atoms with van der Waals surface area (Å²) in [4.78, 5) is 12.5. The lowest BCUT2D eigenvalue weighted by molar-refractivity contribution is -0.135. The number of aromatic hydroxyl groups is 1. The number of carbonyl (C=O) groups is 1. The van der Waals surface area contributed by atoms with Crippen LogP contribution in [-0.4, -0.2) is 108 Å². The molecule has 3 aromatic carbocycles. The van der Waals surface area contributed by atoms with E-state index in [1.807, 2.05) is 24.3 Å². The summed E-state index contributed by atoms with van der Waals surface area (Å²) in [6.45, 7) is 2.92. The highest BCUT2D eigenvalue weighted by Crippen LogP contribution is 2.64. The second kappa shape index (κ2) is 15.5. The maximum atomic E-state index is 12.5. The normalized spacial score (nSPS) is 36.8. The highest BCUT2D eigenvalue weighted by Gasteiger charge is 2.66. The molecule has 13 nitrogen and oxygen atoms in total. The first-order chi connectivity index (χ1) is 32.1. The number of hydrogen-bond donors (Lipinski definition) is 5. The van der Waals surface area contributed by atoms with Gasteiger partial charge in [0.15, 0.2) is 52.5 Å². The molecule has 0 radical (unpaired) electrons. The van der Waals surface area contributed by atoms with Crippen molar-refractivity contribution in [3.8, 4) is 34.5 Å². The summed E-state index contributed by atoms with van der Waals surface area (Å²) in [7, 11) is 8.33. The van der Waals surface area contributed by atoms with E-state index in [9.17, 15) is 15.0 Å². The molecule has 5 aliphatic heterocycles. The molecular formula is C53H63N3O10. The maximum Gasteiger partial charge on any atom is 0.174 e. The molecule has 6 bridgehead atoms. The van der Waals surface area contributed by atoms with Gasteiger partial charge in [-0.2, -0.15) is 0 Å². The quantitative estimate of drug-likeness (QED) is 0.227. The van der Waals surface area contributed by atoms with Crippen LogP contribution in [0.5, 0.6) is 34.5 Å². The number of aliphatic hydroxyl groups is 1. The molecule has 12 atom stereocenters. The number of Topliss-reactive ketones (excluding diaryl/α,β-unsaturated/α-hetero) is 1. The summed E-state index contributed by atoms with van der Waals surface area (Å²) in [5.74, 6) is 7.41. The minimum atomic E-state index is -0.633. The third-order valence-corrected chi connectivity index (χ3v) is 18.2. The summed E-state index contributed by atoms with van der Waals surface area (Å²) in [5.41, 5.74) is 7.29. The van der Waals surface area contributed by atoms with Crippen molar-refractivity contribution in [2.24, 2.45) is 17.8 Å². The fourth-order valence-electron chi connectivity index (χ4n) is 15.7. The largest absolute Gasteiger partial charge is 0.504 e. The van der Waals surface area contributed by atoms with Gasteiger partial charge in [-0.05, 0) is 136 Å². The number of methoxy groups -OCH3 is 5. The van der Waals surface area contributed by atoms with Crippen LogP contribution in [0.1, 0.15) is 78.3 Å². The molecule has 1 saturated carbocycles. The number of aliphatic hydroxyl groups excluding tert-OH is 1. The molecule has 66 heavy (non-hydrogen) atoms. The number of ketones is 1. The topological polar surface area (TPSA) is 158 Å². The number of fused-ring (bicyclic) bond motifs is 1. The molecule has 14 rings (SSSR count). The minimum Gasteiger partial charge on any atom is -0.504 e. The van der Waals surface area contributed by atoms with Crippen molar-refractivity contribution in [1.82, 2.24) is 16.0 Å². The molecule has 4 fully saturated rings. The number of rotatable bonds is 5. The van der Waals surface area contributed by atoms with Gasteiger partial charge in [-0.15, -0.1) is 0 Å². The van der Waals surface area contributed by atoms with Crippen LogP contribution in [0.15, 0.2) is 60.1 Å². The van der Waals surface area contributed by atoms with E-state index in [1.54, 1.807) is 35.5 Å². The first-order valence-electron chi connectivity index (χ1n) is 24.2. The molecule has 3 aromatic rings. The van der Waals surface area contributed by atoms with Crippen LogP contribution < -0.4 is 39.6 Å². The monoisotopic (exact) mass is 901 g/mol.